The van der Waals surface area contributed by atoms with Crippen molar-refractivity contribution in [3.63, 3.8) is 0 Å². The molecule has 0 unspecified atom stereocenters. The number of nitrogens with zero attached hydrogens (tertiary/aromatic N) is 1. The summed E-state index contributed by atoms with van der Waals surface area (Å²) in [4.78, 5) is 4.16. The molecule has 0 spiro atoms. The Morgan fingerprint density at radius 1 is 1.20 bits per heavy atom. The number of thiazole rings is 1. The molecule has 0 saturated heterocycles. The molecule has 0 amide bonds. The predicted octanol–water partition coefficient (Wildman–Crippen LogP) is 4.74. The second-order valence-electron chi connectivity index (χ2n) is 2.85. The van der Waals surface area contributed by atoms with Crippen molar-refractivity contribution in [1.29, 1.82) is 0 Å². The van der Waals surface area contributed by atoms with Crippen molar-refractivity contribution in [2.45, 2.75) is 10.1 Å². The highest BCUT2D eigenvalue weighted by Gasteiger charge is 2.01. The van der Waals surface area contributed by atoms with E-state index in [2.05, 4.69) is 4.98 Å². The molecule has 78 valence electrons. The van der Waals surface area contributed by atoms with Crippen LogP contribution in [0.5, 0.6) is 0 Å². The van der Waals surface area contributed by atoms with Gasteiger partial charge in [-0.3, -0.25) is 0 Å². The molecule has 1 heterocycles. The topological polar surface area (TPSA) is 12.9 Å². The van der Waals surface area contributed by atoms with Crippen molar-refractivity contribution in [3.05, 3.63) is 45.4 Å². The second kappa shape index (κ2) is 5.21. The summed E-state index contributed by atoms with van der Waals surface area (Å²) in [5.41, 5.74) is 1.23. The molecule has 15 heavy (non-hydrogen) atoms. The van der Waals surface area contributed by atoms with Crippen LogP contribution in [0.25, 0.3) is 0 Å². The first-order valence-electron chi connectivity index (χ1n) is 4.22. The molecule has 1 aromatic carbocycles. The van der Waals surface area contributed by atoms with Crippen molar-refractivity contribution in [1.82, 2.24) is 4.98 Å². The van der Waals surface area contributed by atoms with Crippen LogP contribution in [-0.2, 0) is 5.75 Å². The molecule has 0 aliphatic carbocycles. The van der Waals surface area contributed by atoms with Crippen LogP contribution in [0.15, 0.2) is 34.0 Å². The molecule has 1 aromatic heterocycles. The Morgan fingerprint density at radius 2 is 1.93 bits per heavy atom. The summed E-state index contributed by atoms with van der Waals surface area (Å²) in [6.07, 6.45) is 0. The van der Waals surface area contributed by atoms with Crippen molar-refractivity contribution < 1.29 is 0 Å². The minimum atomic E-state index is 0.568. The Kier molecular flexibility index (Phi) is 3.92. The van der Waals surface area contributed by atoms with Crippen LogP contribution < -0.4 is 0 Å². The third kappa shape index (κ3) is 3.38. The zero-order valence-electron chi connectivity index (χ0n) is 7.61. The minimum absolute atomic E-state index is 0.568. The lowest BCUT2D eigenvalue weighted by Gasteiger charge is -1.98. The van der Waals surface area contributed by atoms with E-state index in [4.69, 9.17) is 23.2 Å². The van der Waals surface area contributed by atoms with Crippen LogP contribution >= 0.6 is 46.3 Å². The van der Waals surface area contributed by atoms with Crippen LogP contribution in [0.2, 0.25) is 10.2 Å². The van der Waals surface area contributed by atoms with Crippen LogP contribution in [-0.4, -0.2) is 4.98 Å². The molecular weight excluding hydrogens is 269 g/mol. The van der Waals surface area contributed by atoms with Gasteiger partial charge in [0.25, 0.3) is 0 Å². The summed E-state index contributed by atoms with van der Waals surface area (Å²) in [7, 11) is 0. The summed E-state index contributed by atoms with van der Waals surface area (Å²) in [5, 5.41) is 3.17. The fourth-order valence-corrected chi connectivity index (χ4v) is 3.12. The van der Waals surface area contributed by atoms with Gasteiger partial charge in [-0.15, -0.1) is 11.3 Å². The van der Waals surface area contributed by atoms with Gasteiger partial charge in [0.05, 0.1) is 0 Å². The zero-order valence-corrected chi connectivity index (χ0v) is 10.8. The zero-order chi connectivity index (χ0) is 10.7. The monoisotopic (exact) mass is 275 g/mol. The van der Waals surface area contributed by atoms with E-state index in [0.717, 1.165) is 15.1 Å². The molecule has 2 rings (SSSR count). The van der Waals surface area contributed by atoms with E-state index in [0.29, 0.717) is 5.15 Å². The van der Waals surface area contributed by atoms with Crippen LogP contribution in [0.1, 0.15) is 5.56 Å². The summed E-state index contributed by atoms with van der Waals surface area (Å²) >= 11 is 14.8. The molecule has 0 fully saturated rings. The predicted molar refractivity (Wildman–Crippen MR) is 68.1 cm³/mol. The Hall–Kier alpha value is -0.220. The Labute approximate surface area is 106 Å². The van der Waals surface area contributed by atoms with Crippen molar-refractivity contribution in [3.8, 4) is 0 Å². The molecule has 1 nitrogen and oxygen atoms in total. The van der Waals surface area contributed by atoms with Crippen LogP contribution in [0.4, 0.5) is 0 Å². The van der Waals surface area contributed by atoms with Gasteiger partial charge in [-0.25, -0.2) is 4.98 Å². The molecule has 2 aromatic rings. The fraction of sp³-hybridized carbons (Fsp3) is 0.100. The quantitative estimate of drug-likeness (QED) is 0.751. The molecule has 0 radical (unpaired) electrons. The SMILES string of the molecule is Clc1ccc(CSc2nc(Cl)cs2)cc1. The maximum atomic E-state index is 5.80. The normalized spacial score (nSPS) is 10.5. The van der Waals surface area contributed by atoms with Crippen LogP contribution in [0, 0.1) is 0 Å². The van der Waals surface area contributed by atoms with Gasteiger partial charge in [-0.1, -0.05) is 47.1 Å². The molecule has 0 bridgehead atoms. The van der Waals surface area contributed by atoms with Gasteiger partial charge in [0.2, 0.25) is 0 Å². The number of halogens is 2. The lowest BCUT2D eigenvalue weighted by Crippen LogP contribution is -1.79. The molecule has 0 saturated carbocycles. The van der Waals surface area contributed by atoms with Crippen LogP contribution in [0.3, 0.4) is 0 Å². The standard InChI is InChI=1S/C10H7Cl2NS2/c11-8-3-1-7(2-4-8)5-14-10-13-9(12)6-15-10/h1-4,6H,5H2. The van der Waals surface area contributed by atoms with E-state index in [9.17, 15) is 0 Å². The van der Waals surface area contributed by atoms with Gasteiger partial charge in [0, 0.05) is 16.2 Å². The smallest absolute Gasteiger partial charge is 0.151 e. The number of aromatic nitrogens is 1. The van der Waals surface area contributed by atoms with E-state index in [1.807, 2.05) is 29.6 Å². The number of hydrogen-bond donors (Lipinski definition) is 0. The van der Waals surface area contributed by atoms with Gasteiger partial charge >= 0.3 is 0 Å². The summed E-state index contributed by atoms with van der Waals surface area (Å²) < 4.78 is 0.995. The Balaban J connectivity index is 1.96. The highest BCUT2D eigenvalue weighted by molar-refractivity contribution is 8.00. The van der Waals surface area contributed by atoms with E-state index in [-0.39, 0.29) is 0 Å². The van der Waals surface area contributed by atoms with Crippen molar-refractivity contribution >= 4 is 46.3 Å². The lowest BCUT2D eigenvalue weighted by molar-refractivity contribution is 1.24. The first kappa shape index (κ1) is 11.3. The third-order valence-corrected chi connectivity index (χ3v) is 4.40. The number of thioether (sulfide) groups is 1. The van der Waals surface area contributed by atoms with E-state index >= 15 is 0 Å². The van der Waals surface area contributed by atoms with Crippen molar-refractivity contribution in [2.75, 3.05) is 0 Å². The largest absolute Gasteiger partial charge is 0.218 e. The molecule has 0 atom stereocenters. The highest BCUT2D eigenvalue weighted by atomic mass is 35.5. The maximum Gasteiger partial charge on any atom is 0.151 e. The fourth-order valence-electron chi connectivity index (χ4n) is 1.03. The van der Waals surface area contributed by atoms with Gasteiger partial charge in [0.1, 0.15) is 5.15 Å². The Morgan fingerprint density at radius 3 is 2.53 bits per heavy atom. The molecule has 0 aliphatic rings. The van der Waals surface area contributed by atoms with Gasteiger partial charge in [-0.05, 0) is 17.7 Å². The van der Waals surface area contributed by atoms with Gasteiger partial charge < -0.3 is 0 Å². The third-order valence-electron chi connectivity index (χ3n) is 1.73. The molecular formula is C10H7Cl2NS2. The lowest BCUT2D eigenvalue weighted by atomic mass is 10.2. The van der Waals surface area contributed by atoms with Gasteiger partial charge in [-0.2, -0.15) is 0 Å². The summed E-state index contributed by atoms with van der Waals surface area (Å²) in [5.74, 6) is 0.890. The van der Waals surface area contributed by atoms with E-state index in [1.54, 1.807) is 23.1 Å². The van der Waals surface area contributed by atoms with E-state index < -0.39 is 0 Å². The average Bonchev–Trinajstić information content (AvgIpc) is 2.64. The minimum Gasteiger partial charge on any atom is -0.218 e. The number of hydrogen-bond acceptors (Lipinski definition) is 3. The Bertz CT molecular complexity index is 439. The second-order valence-corrected chi connectivity index (χ2v) is 5.76. The van der Waals surface area contributed by atoms with Crippen molar-refractivity contribution in [2.24, 2.45) is 0 Å². The van der Waals surface area contributed by atoms with Gasteiger partial charge in [0.15, 0.2) is 4.34 Å². The summed E-state index contributed by atoms with van der Waals surface area (Å²) in [6.45, 7) is 0. The number of benzene rings is 1. The number of rotatable bonds is 3. The molecule has 5 heteroatoms. The molecule has 0 N–H and O–H groups in total. The average molecular weight is 276 g/mol. The maximum absolute atomic E-state index is 5.80. The highest BCUT2D eigenvalue weighted by Crippen LogP contribution is 2.27. The first-order chi connectivity index (χ1) is 7.24. The van der Waals surface area contributed by atoms with E-state index in [1.165, 1.54) is 5.56 Å². The molecule has 0 aliphatic heterocycles. The first-order valence-corrected chi connectivity index (χ1v) is 6.84. The summed E-state index contributed by atoms with van der Waals surface area (Å²) in [6, 6.07) is 7.83.